The van der Waals surface area contributed by atoms with Gasteiger partial charge >= 0.3 is 0 Å². The van der Waals surface area contributed by atoms with Crippen LogP contribution in [-0.2, 0) is 17.1 Å². The molecule has 0 saturated carbocycles. The summed E-state index contributed by atoms with van der Waals surface area (Å²) in [6.45, 7) is 7.62. The zero-order valence-corrected chi connectivity index (χ0v) is 25.3. The summed E-state index contributed by atoms with van der Waals surface area (Å²) in [4.78, 5) is 27.2. The van der Waals surface area contributed by atoms with Crippen molar-refractivity contribution in [2.24, 2.45) is 0 Å². The first-order chi connectivity index (χ1) is 19.8. The van der Waals surface area contributed by atoms with E-state index in [0.717, 1.165) is 11.0 Å². The van der Waals surface area contributed by atoms with Crippen LogP contribution >= 0.6 is 12.2 Å². The second kappa shape index (κ2) is 11.8. The molecule has 8 nitrogen and oxygen atoms in total. The summed E-state index contributed by atoms with van der Waals surface area (Å²) in [6, 6.07) is 8.47. The van der Waals surface area contributed by atoms with Gasteiger partial charge in [0.15, 0.2) is 10.9 Å². The van der Waals surface area contributed by atoms with Gasteiger partial charge in [0, 0.05) is 30.6 Å². The predicted molar refractivity (Wildman–Crippen MR) is 160 cm³/mol. The number of aromatic nitrogens is 2. The molecule has 1 aliphatic heterocycles. The Bertz CT molecular complexity index is 1590. The molecule has 0 unspecified atom stereocenters. The van der Waals surface area contributed by atoms with Gasteiger partial charge in [0.1, 0.15) is 23.5 Å². The number of rotatable bonds is 10. The van der Waals surface area contributed by atoms with E-state index in [4.69, 9.17) is 17.0 Å². The van der Waals surface area contributed by atoms with E-state index in [1.54, 1.807) is 26.8 Å². The Morgan fingerprint density at radius 1 is 1.14 bits per heavy atom. The fraction of sp³-hybridized carbons (Fsp3) is 0.433. The second-order valence-electron chi connectivity index (χ2n) is 10.9. The summed E-state index contributed by atoms with van der Waals surface area (Å²) >= 11 is 5.73. The number of aryl methyl sites for hydroxylation is 1. The average Bonchev–Trinajstić information content (AvgIpc) is 3.10. The van der Waals surface area contributed by atoms with Gasteiger partial charge in [-0.1, -0.05) is 20.3 Å². The fourth-order valence-corrected chi connectivity index (χ4v) is 5.41. The summed E-state index contributed by atoms with van der Waals surface area (Å²) in [6.07, 6.45) is 0.206. The van der Waals surface area contributed by atoms with Crippen LogP contribution in [0.15, 0.2) is 30.3 Å². The molecule has 0 radical (unpaired) electrons. The molecule has 1 fully saturated rings. The van der Waals surface area contributed by atoms with E-state index in [2.05, 4.69) is 9.97 Å². The first-order valence-corrected chi connectivity index (χ1v) is 14.1. The molecular formula is C30H33F3N6O2S. The van der Waals surface area contributed by atoms with Crippen molar-refractivity contribution in [3.63, 3.8) is 0 Å². The standard InChI is InChI=1S/C30H33F3N6O2S/c1-7-11-30(32,33)22-15-19(10-9-18(22)17-34)38-27(40)29(3,4)39(28(38)42)20-14-21-25(23(31)16-20)35-24(8-2)36-26(21)41-13-12-37(5)6/h9-10,14-16H,7-8,11-13H2,1-6H3. The number of benzene rings is 2. The van der Waals surface area contributed by atoms with Gasteiger partial charge in [-0.15, -0.1) is 0 Å². The molecule has 1 amide bonds. The van der Waals surface area contributed by atoms with Crippen molar-refractivity contribution in [1.82, 2.24) is 14.9 Å². The SMILES string of the molecule is CCCC(F)(F)c1cc(N2C(=O)C(C)(C)N(c3cc(F)c4nc(CC)nc(OCCN(C)C)c4c3)C2=S)ccc1C#N. The number of hydrogen-bond donors (Lipinski definition) is 0. The monoisotopic (exact) mass is 598 g/mol. The molecule has 12 heteroatoms. The van der Waals surface area contributed by atoms with Crippen LogP contribution in [-0.4, -0.2) is 58.7 Å². The van der Waals surface area contributed by atoms with Crippen molar-refractivity contribution in [2.45, 2.75) is 58.4 Å². The van der Waals surface area contributed by atoms with E-state index in [1.165, 1.54) is 23.1 Å². The van der Waals surface area contributed by atoms with E-state index in [9.17, 15) is 10.1 Å². The molecule has 0 spiro atoms. The van der Waals surface area contributed by atoms with E-state index in [-0.39, 0.29) is 39.9 Å². The van der Waals surface area contributed by atoms with Crippen molar-refractivity contribution in [2.75, 3.05) is 37.0 Å². The summed E-state index contributed by atoms with van der Waals surface area (Å²) < 4.78 is 51.6. The number of amides is 1. The minimum Gasteiger partial charge on any atom is -0.476 e. The normalized spacial score (nSPS) is 15.2. The summed E-state index contributed by atoms with van der Waals surface area (Å²) in [5.41, 5.74) is -1.55. The van der Waals surface area contributed by atoms with Gasteiger partial charge in [0.2, 0.25) is 5.88 Å². The van der Waals surface area contributed by atoms with Crippen LogP contribution in [0.3, 0.4) is 0 Å². The molecule has 0 atom stereocenters. The molecular weight excluding hydrogens is 565 g/mol. The molecule has 2 aromatic carbocycles. The van der Waals surface area contributed by atoms with Crippen LogP contribution in [0.1, 0.15) is 57.5 Å². The van der Waals surface area contributed by atoms with Gasteiger partial charge in [-0.25, -0.2) is 18.2 Å². The Hall–Kier alpha value is -3.82. The van der Waals surface area contributed by atoms with Crippen LogP contribution in [0.4, 0.5) is 24.5 Å². The van der Waals surface area contributed by atoms with Crippen LogP contribution in [0, 0.1) is 17.1 Å². The van der Waals surface area contributed by atoms with Gasteiger partial charge in [-0.3, -0.25) is 9.69 Å². The fourth-order valence-electron chi connectivity index (χ4n) is 4.89. The number of anilines is 2. The highest BCUT2D eigenvalue weighted by Crippen LogP contribution is 2.42. The number of nitrogens with zero attached hydrogens (tertiary/aromatic N) is 6. The average molecular weight is 599 g/mol. The maximum absolute atomic E-state index is 15.6. The smallest absolute Gasteiger partial charge is 0.274 e. The molecule has 1 aliphatic rings. The molecule has 2 heterocycles. The lowest BCUT2D eigenvalue weighted by Crippen LogP contribution is -2.44. The Morgan fingerprint density at radius 2 is 1.86 bits per heavy atom. The molecule has 42 heavy (non-hydrogen) atoms. The Labute approximate surface area is 248 Å². The highest BCUT2D eigenvalue weighted by atomic mass is 32.1. The van der Waals surface area contributed by atoms with Gasteiger partial charge in [-0.05, 0) is 70.5 Å². The summed E-state index contributed by atoms with van der Waals surface area (Å²) in [5.74, 6) is -3.80. The first kappa shape index (κ1) is 31.1. The number of nitriles is 1. The third-order valence-corrected chi connectivity index (χ3v) is 7.47. The number of thiocarbonyl (C=S) groups is 1. The maximum atomic E-state index is 15.6. The molecule has 0 aliphatic carbocycles. The largest absolute Gasteiger partial charge is 0.476 e. The molecule has 1 saturated heterocycles. The minimum atomic E-state index is -3.28. The number of likely N-dealkylation sites (N-methyl/N-ethyl adjacent to an activating group) is 1. The first-order valence-electron chi connectivity index (χ1n) is 13.7. The Balaban J connectivity index is 1.82. The quantitative estimate of drug-likeness (QED) is 0.265. The van der Waals surface area contributed by atoms with Crippen molar-refractivity contribution in [3.05, 3.63) is 53.1 Å². The van der Waals surface area contributed by atoms with Crippen molar-refractivity contribution < 1.29 is 22.7 Å². The summed E-state index contributed by atoms with van der Waals surface area (Å²) in [5, 5.41) is 9.76. The van der Waals surface area contributed by atoms with E-state index < -0.39 is 35.2 Å². The number of halogens is 3. The van der Waals surface area contributed by atoms with E-state index in [1.807, 2.05) is 32.0 Å². The number of carbonyl (C=O) groups excluding carboxylic acids is 1. The molecule has 222 valence electrons. The molecule has 0 bridgehead atoms. The molecule has 0 N–H and O–H groups in total. The van der Waals surface area contributed by atoms with Crippen LogP contribution < -0.4 is 14.5 Å². The number of alkyl halides is 2. The number of fused-ring (bicyclic) bond motifs is 1. The number of ether oxygens (including phenoxy) is 1. The van der Waals surface area contributed by atoms with Crippen LogP contribution in [0.25, 0.3) is 10.9 Å². The van der Waals surface area contributed by atoms with E-state index >= 15 is 13.2 Å². The predicted octanol–water partition coefficient (Wildman–Crippen LogP) is 5.95. The Kier molecular flexibility index (Phi) is 8.76. The highest BCUT2D eigenvalue weighted by Gasteiger charge is 2.51. The lowest BCUT2D eigenvalue weighted by molar-refractivity contribution is -0.120. The molecule has 3 aromatic rings. The zero-order valence-electron chi connectivity index (χ0n) is 24.5. The van der Waals surface area contributed by atoms with Crippen molar-refractivity contribution in [3.8, 4) is 11.9 Å². The van der Waals surface area contributed by atoms with Gasteiger partial charge in [0.25, 0.3) is 11.8 Å². The molecule has 1 aromatic heterocycles. The van der Waals surface area contributed by atoms with Crippen molar-refractivity contribution in [1.29, 1.82) is 5.26 Å². The zero-order chi connectivity index (χ0) is 31.0. The van der Waals surface area contributed by atoms with E-state index in [0.29, 0.717) is 30.8 Å². The Morgan fingerprint density at radius 3 is 2.48 bits per heavy atom. The lowest BCUT2D eigenvalue weighted by atomic mass is 9.97. The van der Waals surface area contributed by atoms with Crippen molar-refractivity contribution >= 4 is 45.5 Å². The van der Waals surface area contributed by atoms with Crippen LogP contribution in [0.2, 0.25) is 0 Å². The third-order valence-electron chi connectivity index (χ3n) is 7.11. The topological polar surface area (TPSA) is 85.6 Å². The maximum Gasteiger partial charge on any atom is 0.274 e. The molecule has 4 rings (SSSR count). The number of carbonyl (C=O) groups is 1. The highest BCUT2D eigenvalue weighted by molar-refractivity contribution is 7.81. The second-order valence-corrected chi connectivity index (χ2v) is 11.3. The van der Waals surface area contributed by atoms with Gasteiger partial charge in [0.05, 0.1) is 22.7 Å². The van der Waals surface area contributed by atoms with Gasteiger partial charge in [-0.2, -0.15) is 10.2 Å². The minimum absolute atomic E-state index is 0.0283. The lowest BCUT2D eigenvalue weighted by Gasteiger charge is -2.29. The number of hydrogen-bond acceptors (Lipinski definition) is 7. The third kappa shape index (κ3) is 5.63. The van der Waals surface area contributed by atoms with Gasteiger partial charge < -0.3 is 14.5 Å². The summed E-state index contributed by atoms with van der Waals surface area (Å²) in [7, 11) is 3.80. The van der Waals surface area contributed by atoms with Crippen LogP contribution in [0.5, 0.6) is 5.88 Å².